The minimum atomic E-state index is 0.140. The number of hydrogen-bond acceptors (Lipinski definition) is 2. The predicted octanol–water partition coefficient (Wildman–Crippen LogP) is 3.21. The zero-order valence-electron chi connectivity index (χ0n) is 10.9. The van der Waals surface area contributed by atoms with Crippen molar-refractivity contribution in [3.8, 4) is 0 Å². The highest BCUT2D eigenvalue weighted by atomic mass is 16.1. The summed E-state index contributed by atoms with van der Waals surface area (Å²) in [5, 5.41) is 3.33. The highest BCUT2D eigenvalue weighted by Gasteiger charge is 2.29. The highest BCUT2D eigenvalue weighted by Crippen LogP contribution is 2.29. The zero-order valence-corrected chi connectivity index (χ0v) is 10.9. The summed E-state index contributed by atoms with van der Waals surface area (Å²) >= 11 is 0. The molecule has 0 unspecified atom stereocenters. The lowest BCUT2D eigenvalue weighted by molar-refractivity contribution is -0.113. The van der Waals surface area contributed by atoms with Crippen LogP contribution in [0, 0.1) is 5.41 Å². The molecule has 16 heavy (non-hydrogen) atoms. The molecule has 2 nitrogen and oxygen atoms in total. The number of rotatable bonds is 5. The first-order chi connectivity index (χ1) is 7.37. The second-order valence-electron chi connectivity index (χ2n) is 5.61. The Bertz CT molecular complexity index is 331. The molecule has 0 heterocycles. The minimum absolute atomic E-state index is 0.140. The summed E-state index contributed by atoms with van der Waals surface area (Å²) < 4.78 is 0. The van der Waals surface area contributed by atoms with Gasteiger partial charge in [0.05, 0.1) is 5.70 Å². The average molecular weight is 221 g/mol. The molecule has 0 aliphatic heterocycles. The van der Waals surface area contributed by atoms with Crippen molar-refractivity contribution in [2.24, 2.45) is 5.41 Å². The van der Waals surface area contributed by atoms with E-state index in [2.05, 4.69) is 32.7 Å². The van der Waals surface area contributed by atoms with Gasteiger partial charge in [-0.15, -0.1) is 0 Å². The molecule has 1 aliphatic carbocycles. The predicted molar refractivity (Wildman–Crippen MR) is 68.2 cm³/mol. The van der Waals surface area contributed by atoms with Gasteiger partial charge < -0.3 is 5.32 Å². The van der Waals surface area contributed by atoms with E-state index in [4.69, 9.17) is 0 Å². The van der Waals surface area contributed by atoms with Crippen LogP contribution in [0.2, 0.25) is 0 Å². The van der Waals surface area contributed by atoms with Crippen molar-refractivity contribution in [3.63, 3.8) is 0 Å². The molecular formula is C14H23NO. The Kier molecular flexibility index (Phi) is 3.95. The van der Waals surface area contributed by atoms with E-state index in [1.165, 1.54) is 6.42 Å². The maximum absolute atomic E-state index is 11.4. The van der Waals surface area contributed by atoms with Gasteiger partial charge in [-0.3, -0.25) is 4.79 Å². The van der Waals surface area contributed by atoms with Crippen molar-refractivity contribution >= 4 is 5.78 Å². The second-order valence-corrected chi connectivity index (χ2v) is 5.61. The molecule has 90 valence electrons. The Morgan fingerprint density at radius 1 is 1.31 bits per heavy atom. The number of ketones is 1. The van der Waals surface area contributed by atoms with Gasteiger partial charge in [0, 0.05) is 17.7 Å². The molecule has 0 radical (unpaired) electrons. The van der Waals surface area contributed by atoms with Crippen molar-refractivity contribution in [2.45, 2.75) is 47.0 Å². The van der Waals surface area contributed by atoms with Crippen LogP contribution in [0.4, 0.5) is 0 Å². The van der Waals surface area contributed by atoms with E-state index in [1.807, 2.05) is 6.92 Å². The summed E-state index contributed by atoms with van der Waals surface area (Å²) in [6.45, 7) is 13.5. The summed E-state index contributed by atoms with van der Waals surface area (Å²) in [6, 6.07) is 0. The molecule has 0 saturated carbocycles. The van der Waals surface area contributed by atoms with Crippen LogP contribution < -0.4 is 5.32 Å². The fourth-order valence-electron chi connectivity index (χ4n) is 1.91. The third-order valence-electron chi connectivity index (χ3n) is 2.91. The Labute approximate surface area is 98.8 Å². The summed E-state index contributed by atoms with van der Waals surface area (Å²) in [4.78, 5) is 11.4. The van der Waals surface area contributed by atoms with Gasteiger partial charge in [-0.2, -0.15) is 0 Å². The number of hydrogen-bond donors (Lipinski definition) is 1. The van der Waals surface area contributed by atoms with Gasteiger partial charge in [0.15, 0.2) is 5.78 Å². The van der Waals surface area contributed by atoms with Gasteiger partial charge in [-0.25, -0.2) is 0 Å². The van der Waals surface area contributed by atoms with Crippen molar-refractivity contribution in [1.82, 2.24) is 5.32 Å². The molecular weight excluding hydrogens is 198 g/mol. The first kappa shape index (κ1) is 13.0. The number of carbonyl (C=O) groups excluding carboxylic acids is 1. The molecule has 0 aromatic carbocycles. The molecule has 1 rings (SSSR count). The number of allylic oxidation sites excluding steroid dienone is 2. The van der Waals surface area contributed by atoms with Crippen LogP contribution in [0.5, 0.6) is 0 Å². The Hall–Kier alpha value is -1.05. The van der Waals surface area contributed by atoms with Crippen LogP contribution in [0.25, 0.3) is 0 Å². The lowest BCUT2D eigenvalue weighted by atomic mass is 9.85. The smallest absolute Gasteiger partial charge is 0.192 e. The van der Waals surface area contributed by atoms with Crippen LogP contribution in [-0.4, -0.2) is 12.3 Å². The normalized spacial score (nSPS) is 16.5. The topological polar surface area (TPSA) is 29.1 Å². The van der Waals surface area contributed by atoms with Crippen LogP contribution >= 0.6 is 0 Å². The Morgan fingerprint density at radius 2 is 1.94 bits per heavy atom. The lowest BCUT2D eigenvalue weighted by Gasteiger charge is -2.26. The summed E-state index contributed by atoms with van der Waals surface area (Å²) in [5.41, 5.74) is 2.96. The van der Waals surface area contributed by atoms with Gasteiger partial charge in [0.2, 0.25) is 0 Å². The number of Topliss-reactive ketones (excluding diaryl/α,β-unsaturated/α-hetero) is 1. The summed E-state index contributed by atoms with van der Waals surface area (Å²) in [5.74, 6) is 0.140. The average Bonchev–Trinajstić information content (AvgIpc) is 2.20. The molecule has 1 aliphatic rings. The minimum Gasteiger partial charge on any atom is -0.384 e. The SMILES string of the molecule is C=C1C(=O)C(CC)=C1NCCCC(C)(C)C. The fraction of sp³-hybridized carbons (Fsp3) is 0.643. The Balaban J connectivity index is 2.37. The van der Waals surface area contributed by atoms with Gasteiger partial charge in [-0.05, 0) is 24.7 Å². The first-order valence-corrected chi connectivity index (χ1v) is 6.08. The van der Waals surface area contributed by atoms with Crippen LogP contribution in [-0.2, 0) is 4.79 Å². The van der Waals surface area contributed by atoms with Gasteiger partial charge >= 0.3 is 0 Å². The van der Waals surface area contributed by atoms with Crippen molar-refractivity contribution in [3.05, 3.63) is 23.4 Å². The standard InChI is InChI=1S/C14H23NO/c1-6-11-12(10(2)13(11)16)15-9-7-8-14(3,4)5/h15H,2,6-9H2,1,3-5H3. The molecule has 0 aromatic rings. The van der Waals surface area contributed by atoms with E-state index in [-0.39, 0.29) is 5.78 Å². The van der Waals surface area contributed by atoms with E-state index >= 15 is 0 Å². The van der Waals surface area contributed by atoms with E-state index in [0.717, 1.165) is 30.7 Å². The van der Waals surface area contributed by atoms with Crippen LogP contribution in [0.3, 0.4) is 0 Å². The van der Waals surface area contributed by atoms with Crippen molar-refractivity contribution < 1.29 is 4.79 Å². The summed E-state index contributed by atoms with van der Waals surface area (Å²) in [6.07, 6.45) is 3.13. The molecule has 0 fully saturated rings. The second kappa shape index (κ2) is 4.86. The molecule has 0 spiro atoms. The van der Waals surface area contributed by atoms with E-state index < -0.39 is 0 Å². The van der Waals surface area contributed by atoms with Crippen LogP contribution in [0.15, 0.2) is 23.4 Å². The van der Waals surface area contributed by atoms with E-state index in [0.29, 0.717) is 11.0 Å². The van der Waals surface area contributed by atoms with Crippen LogP contribution in [0.1, 0.15) is 47.0 Å². The maximum Gasteiger partial charge on any atom is 0.192 e. The lowest BCUT2D eigenvalue weighted by Crippen LogP contribution is -2.31. The van der Waals surface area contributed by atoms with E-state index in [9.17, 15) is 4.79 Å². The molecule has 2 heteroatoms. The molecule has 1 N–H and O–H groups in total. The zero-order chi connectivity index (χ0) is 12.3. The molecule has 0 atom stereocenters. The fourth-order valence-corrected chi connectivity index (χ4v) is 1.91. The monoisotopic (exact) mass is 221 g/mol. The quantitative estimate of drug-likeness (QED) is 0.570. The third-order valence-corrected chi connectivity index (χ3v) is 2.91. The van der Waals surface area contributed by atoms with Crippen molar-refractivity contribution in [2.75, 3.05) is 6.54 Å². The highest BCUT2D eigenvalue weighted by molar-refractivity contribution is 6.19. The molecule has 0 aromatic heterocycles. The maximum atomic E-state index is 11.4. The number of nitrogens with one attached hydrogen (secondary N) is 1. The van der Waals surface area contributed by atoms with E-state index in [1.54, 1.807) is 0 Å². The first-order valence-electron chi connectivity index (χ1n) is 6.08. The molecule has 0 bridgehead atoms. The molecule has 0 amide bonds. The van der Waals surface area contributed by atoms with Gasteiger partial charge in [-0.1, -0.05) is 34.3 Å². The molecule has 0 saturated heterocycles. The van der Waals surface area contributed by atoms with Crippen molar-refractivity contribution in [1.29, 1.82) is 0 Å². The van der Waals surface area contributed by atoms with Gasteiger partial charge in [0.25, 0.3) is 0 Å². The Morgan fingerprint density at radius 3 is 2.44 bits per heavy atom. The largest absolute Gasteiger partial charge is 0.384 e. The third kappa shape index (κ3) is 2.97. The summed E-state index contributed by atoms with van der Waals surface area (Å²) in [7, 11) is 0. The van der Waals surface area contributed by atoms with Gasteiger partial charge in [0.1, 0.15) is 0 Å². The number of carbonyl (C=O) groups is 1.